The fourth-order valence-corrected chi connectivity index (χ4v) is 2.04. The van der Waals surface area contributed by atoms with E-state index in [1.54, 1.807) is 0 Å². The molecule has 0 spiro atoms. The molecule has 20 heavy (non-hydrogen) atoms. The molecule has 3 heteroatoms. The Balaban J connectivity index is 2.06. The Morgan fingerprint density at radius 1 is 1.00 bits per heavy atom. The summed E-state index contributed by atoms with van der Waals surface area (Å²) >= 11 is 0. The first-order valence-corrected chi connectivity index (χ1v) is 6.73. The van der Waals surface area contributed by atoms with Gasteiger partial charge in [-0.25, -0.2) is 0 Å². The van der Waals surface area contributed by atoms with Gasteiger partial charge < -0.3 is 9.64 Å². The van der Waals surface area contributed by atoms with Crippen LogP contribution in [0.2, 0.25) is 0 Å². The van der Waals surface area contributed by atoms with E-state index in [1.807, 2.05) is 36.4 Å². The summed E-state index contributed by atoms with van der Waals surface area (Å²) in [6, 6.07) is 20.4. The van der Waals surface area contributed by atoms with E-state index in [1.165, 1.54) is 12.5 Å². The number of rotatable bonds is 6. The standard InChI is InChI=1S/C17H19NO2/c1-15(19)20-13-12-18(17-10-6-3-7-11-17)14-16-8-4-2-5-9-16/h2-11H,12-14H2,1H3. The molecule has 2 aromatic carbocycles. The maximum Gasteiger partial charge on any atom is 0.302 e. The van der Waals surface area contributed by atoms with Crippen molar-refractivity contribution in [3.63, 3.8) is 0 Å². The zero-order chi connectivity index (χ0) is 14.2. The van der Waals surface area contributed by atoms with Crippen molar-refractivity contribution in [2.45, 2.75) is 13.5 Å². The number of benzene rings is 2. The second-order valence-corrected chi connectivity index (χ2v) is 4.58. The Labute approximate surface area is 119 Å². The number of para-hydroxylation sites is 1. The Morgan fingerprint density at radius 2 is 1.60 bits per heavy atom. The van der Waals surface area contributed by atoms with Crippen molar-refractivity contribution in [1.29, 1.82) is 0 Å². The summed E-state index contributed by atoms with van der Waals surface area (Å²) in [5.41, 5.74) is 2.36. The molecule has 2 aromatic rings. The van der Waals surface area contributed by atoms with Gasteiger partial charge in [0.1, 0.15) is 6.61 Å². The third-order valence-electron chi connectivity index (χ3n) is 3.00. The molecule has 0 unspecified atom stereocenters. The number of anilines is 1. The number of nitrogens with zero attached hydrogens (tertiary/aromatic N) is 1. The largest absolute Gasteiger partial charge is 0.464 e. The van der Waals surface area contributed by atoms with Gasteiger partial charge in [-0.1, -0.05) is 48.5 Å². The Morgan fingerprint density at radius 3 is 2.20 bits per heavy atom. The number of hydrogen-bond acceptors (Lipinski definition) is 3. The quantitative estimate of drug-likeness (QED) is 0.754. The summed E-state index contributed by atoms with van der Waals surface area (Å²) in [5.74, 6) is -0.238. The molecule has 2 rings (SSSR count). The number of esters is 1. The zero-order valence-electron chi connectivity index (χ0n) is 11.7. The van der Waals surface area contributed by atoms with E-state index in [4.69, 9.17) is 4.74 Å². The van der Waals surface area contributed by atoms with Crippen LogP contribution < -0.4 is 4.90 Å². The lowest BCUT2D eigenvalue weighted by atomic mass is 10.2. The highest BCUT2D eigenvalue weighted by molar-refractivity contribution is 5.65. The van der Waals surface area contributed by atoms with Crippen LogP contribution in [0.15, 0.2) is 60.7 Å². The number of carbonyl (C=O) groups is 1. The molecular weight excluding hydrogens is 250 g/mol. The average molecular weight is 269 g/mol. The highest BCUT2D eigenvalue weighted by Gasteiger charge is 2.07. The molecule has 0 saturated carbocycles. The molecule has 0 saturated heterocycles. The van der Waals surface area contributed by atoms with Gasteiger partial charge in [-0.2, -0.15) is 0 Å². The van der Waals surface area contributed by atoms with Gasteiger partial charge in [0.05, 0.1) is 6.54 Å². The van der Waals surface area contributed by atoms with Gasteiger partial charge in [-0.15, -0.1) is 0 Å². The maximum absolute atomic E-state index is 10.9. The third-order valence-corrected chi connectivity index (χ3v) is 3.00. The van der Waals surface area contributed by atoms with Crippen molar-refractivity contribution >= 4 is 11.7 Å². The second kappa shape index (κ2) is 7.34. The van der Waals surface area contributed by atoms with Crippen molar-refractivity contribution in [2.24, 2.45) is 0 Å². The smallest absolute Gasteiger partial charge is 0.302 e. The monoisotopic (exact) mass is 269 g/mol. The molecule has 0 amide bonds. The summed E-state index contributed by atoms with van der Waals surface area (Å²) in [6.45, 7) is 3.31. The third kappa shape index (κ3) is 4.43. The van der Waals surface area contributed by atoms with Crippen LogP contribution in [0.3, 0.4) is 0 Å². The summed E-state index contributed by atoms with van der Waals surface area (Å²) < 4.78 is 5.05. The Hall–Kier alpha value is -2.29. The molecule has 0 heterocycles. The normalized spacial score (nSPS) is 10.1. The van der Waals surface area contributed by atoms with Crippen LogP contribution in [0, 0.1) is 0 Å². The minimum Gasteiger partial charge on any atom is -0.464 e. The van der Waals surface area contributed by atoms with Gasteiger partial charge in [0, 0.05) is 19.2 Å². The molecular formula is C17H19NO2. The lowest BCUT2D eigenvalue weighted by Crippen LogP contribution is -2.27. The summed E-state index contributed by atoms with van der Waals surface area (Å²) in [7, 11) is 0. The molecule has 0 atom stereocenters. The van der Waals surface area contributed by atoms with E-state index < -0.39 is 0 Å². The Kier molecular flexibility index (Phi) is 5.18. The van der Waals surface area contributed by atoms with E-state index in [-0.39, 0.29) is 5.97 Å². The van der Waals surface area contributed by atoms with Crippen molar-refractivity contribution in [1.82, 2.24) is 0 Å². The molecule has 0 bridgehead atoms. The number of hydrogen-bond donors (Lipinski definition) is 0. The van der Waals surface area contributed by atoms with Gasteiger partial charge in [-0.3, -0.25) is 4.79 Å². The predicted octanol–water partition coefficient (Wildman–Crippen LogP) is 3.26. The molecule has 3 nitrogen and oxygen atoms in total. The van der Waals surface area contributed by atoms with Gasteiger partial charge in [-0.05, 0) is 17.7 Å². The molecule has 0 N–H and O–H groups in total. The van der Waals surface area contributed by atoms with E-state index in [2.05, 4.69) is 29.2 Å². The number of carbonyl (C=O) groups excluding carboxylic acids is 1. The highest BCUT2D eigenvalue weighted by atomic mass is 16.5. The van der Waals surface area contributed by atoms with Crippen LogP contribution in [-0.2, 0) is 16.1 Å². The topological polar surface area (TPSA) is 29.5 Å². The fourth-order valence-electron chi connectivity index (χ4n) is 2.04. The molecule has 0 fully saturated rings. The molecule has 0 aromatic heterocycles. The SMILES string of the molecule is CC(=O)OCCN(Cc1ccccc1)c1ccccc1. The first kappa shape index (κ1) is 14.1. The summed E-state index contributed by atoms with van der Waals surface area (Å²) in [6.07, 6.45) is 0. The second-order valence-electron chi connectivity index (χ2n) is 4.58. The van der Waals surface area contributed by atoms with Gasteiger partial charge in [0.2, 0.25) is 0 Å². The Bertz CT molecular complexity index is 525. The predicted molar refractivity (Wildman–Crippen MR) is 80.6 cm³/mol. The van der Waals surface area contributed by atoms with Gasteiger partial charge >= 0.3 is 5.97 Å². The van der Waals surface area contributed by atoms with Crippen LogP contribution in [0.25, 0.3) is 0 Å². The highest BCUT2D eigenvalue weighted by Crippen LogP contribution is 2.16. The molecule has 0 aliphatic rings. The van der Waals surface area contributed by atoms with Gasteiger partial charge in [0.25, 0.3) is 0 Å². The molecule has 0 aliphatic carbocycles. The lowest BCUT2D eigenvalue weighted by molar-refractivity contribution is -0.140. The minimum atomic E-state index is -0.238. The van der Waals surface area contributed by atoms with Crippen molar-refractivity contribution in [3.8, 4) is 0 Å². The zero-order valence-corrected chi connectivity index (χ0v) is 11.7. The first-order valence-electron chi connectivity index (χ1n) is 6.73. The van der Waals surface area contributed by atoms with Crippen LogP contribution in [0.4, 0.5) is 5.69 Å². The van der Waals surface area contributed by atoms with Crippen LogP contribution in [0.1, 0.15) is 12.5 Å². The van der Waals surface area contributed by atoms with E-state index in [0.29, 0.717) is 13.2 Å². The van der Waals surface area contributed by atoms with Crippen molar-refractivity contribution in [3.05, 3.63) is 66.2 Å². The lowest BCUT2D eigenvalue weighted by Gasteiger charge is -2.24. The van der Waals surface area contributed by atoms with Gasteiger partial charge in [0.15, 0.2) is 0 Å². The molecule has 0 radical (unpaired) electrons. The van der Waals surface area contributed by atoms with E-state index in [0.717, 1.165) is 12.2 Å². The average Bonchev–Trinajstić information content (AvgIpc) is 2.48. The van der Waals surface area contributed by atoms with Crippen LogP contribution >= 0.6 is 0 Å². The number of ether oxygens (including phenoxy) is 1. The first-order chi connectivity index (χ1) is 9.75. The maximum atomic E-state index is 10.9. The molecule has 104 valence electrons. The summed E-state index contributed by atoms with van der Waals surface area (Å²) in [5, 5.41) is 0. The van der Waals surface area contributed by atoms with Crippen LogP contribution in [0.5, 0.6) is 0 Å². The minimum absolute atomic E-state index is 0.238. The van der Waals surface area contributed by atoms with E-state index >= 15 is 0 Å². The van der Waals surface area contributed by atoms with Crippen molar-refractivity contribution in [2.75, 3.05) is 18.1 Å². The fraction of sp³-hybridized carbons (Fsp3) is 0.235. The van der Waals surface area contributed by atoms with E-state index in [9.17, 15) is 4.79 Å². The molecule has 0 aliphatic heterocycles. The van der Waals surface area contributed by atoms with Crippen LogP contribution in [-0.4, -0.2) is 19.1 Å². The summed E-state index contributed by atoms with van der Waals surface area (Å²) in [4.78, 5) is 13.1. The van der Waals surface area contributed by atoms with Crippen molar-refractivity contribution < 1.29 is 9.53 Å².